The number of nitrogens with two attached hydrogens (primary N) is 1. The van der Waals surface area contributed by atoms with E-state index in [9.17, 15) is 12.8 Å². The number of rotatable bonds is 5. The minimum absolute atomic E-state index is 0.0466. The van der Waals surface area contributed by atoms with Gasteiger partial charge in [-0.3, -0.25) is 4.99 Å². The standard InChI is InChI=1S/C15H23FN4O3S/c1-12-11-20(9-10-23-12)15(17)18-7-8-19(2)24(21,22)14-5-3-13(16)4-6-14/h3-6,12H,7-11H2,1-2H3,(H2,17,18). The first-order chi connectivity index (χ1) is 11.3. The van der Waals surface area contributed by atoms with Gasteiger partial charge in [0.1, 0.15) is 5.82 Å². The molecule has 0 saturated carbocycles. The van der Waals surface area contributed by atoms with Crippen LogP contribution in [0.15, 0.2) is 34.2 Å². The minimum atomic E-state index is -3.66. The van der Waals surface area contributed by atoms with Crippen LogP contribution in [0, 0.1) is 5.82 Å². The molecule has 0 aliphatic carbocycles. The molecule has 0 amide bonds. The molecule has 1 aromatic carbocycles. The monoisotopic (exact) mass is 358 g/mol. The predicted molar refractivity (Wildman–Crippen MR) is 89.7 cm³/mol. The molecule has 0 bridgehead atoms. The number of hydrogen-bond donors (Lipinski definition) is 1. The SMILES string of the molecule is CC1CN(C(N)=NCCN(C)S(=O)(=O)c2ccc(F)cc2)CCO1. The first kappa shape index (κ1) is 18.6. The highest BCUT2D eigenvalue weighted by molar-refractivity contribution is 7.89. The van der Waals surface area contributed by atoms with Crippen molar-refractivity contribution in [1.29, 1.82) is 0 Å². The van der Waals surface area contributed by atoms with E-state index in [2.05, 4.69) is 4.99 Å². The number of aliphatic imine (C=N–C) groups is 1. The fourth-order valence-corrected chi connectivity index (χ4v) is 3.50. The molecule has 134 valence electrons. The number of benzene rings is 1. The Kier molecular flexibility index (Phi) is 6.14. The average molecular weight is 358 g/mol. The Balaban J connectivity index is 1.93. The van der Waals surface area contributed by atoms with Gasteiger partial charge in [0.2, 0.25) is 10.0 Å². The largest absolute Gasteiger partial charge is 0.375 e. The Bertz CT molecular complexity index is 678. The summed E-state index contributed by atoms with van der Waals surface area (Å²) in [6, 6.07) is 4.73. The maximum Gasteiger partial charge on any atom is 0.242 e. The molecule has 24 heavy (non-hydrogen) atoms. The maximum atomic E-state index is 12.9. The number of hydrogen-bond acceptors (Lipinski definition) is 4. The lowest BCUT2D eigenvalue weighted by Gasteiger charge is -2.31. The van der Waals surface area contributed by atoms with E-state index < -0.39 is 15.8 Å². The van der Waals surface area contributed by atoms with Crippen molar-refractivity contribution in [2.75, 3.05) is 39.8 Å². The van der Waals surface area contributed by atoms with Crippen LogP contribution in [-0.4, -0.2) is 69.5 Å². The summed E-state index contributed by atoms with van der Waals surface area (Å²) >= 11 is 0. The minimum Gasteiger partial charge on any atom is -0.375 e. The first-order valence-corrected chi connectivity index (χ1v) is 9.13. The van der Waals surface area contributed by atoms with E-state index in [1.807, 2.05) is 11.8 Å². The van der Waals surface area contributed by atoms with E-state index in [1.54, 1.807) is 0 Å². The van der Waals surface area contributed by atoms with E-state index in [-0.39, 0.29) is 24.1 Å². The van der Waals surface area contributed by atoms with Gasteiger partial charge in [0.25, 0.3) is 0 Å². The maximum absolute atomic E-state index is 12.9. The van der Waals surface area contributed by atoms with Crippen molar-refractivity contribution in [3.63, 3.8) is 0 Å². The summed E-state index contributed by atoms with van der Waals surface area (Å²) in [4.78, 5) is 6.21. The van der Waals surface area contributed by atoms with Crippen molar-refractivity contribution < 1.29 is 17.5 Å². The number of morpholine rings is 1. The second kappa shape index (κ2) is 7.91. The van der Waals surface area contributed by atoms with E-state index in [4.69, 9.17) is 10.5 Å². The van der Waals surface area contributed by atoms with Crippen molar-refractivity contribution in [2.24, 2.45) is 10.7 Å². The molecule has 1 atom stereocenters. The zero-order valence-corrected chi connectivity index (χ0v) is 14.7. The Hall–Kier alpha value is -1.71. The fourth-order valence-electron chi connectivity index (χ4n) is 2.34. The second-order valence-electron chi connectivity index (χ2n) is 5.65. The van der Waals surface area contributed by atoms with Gasteiger partial charge >= 0.3 is 0 Å². The van der Waals surface area contributed by atoms with E-state index in [0.29, 0.717) is 25.7 Å². The normalized spacial score (nSPS) is 19.8. The predicted octanol–water partition coefficient (Wildman–Crippen LogP) is 0.482. The first-order valence-electron chi connectivity index (χ1n) is 7.69. The molecule has 1 aromatic rings. The Morgan fingerprint density at radius 3 is 2.75 bits per heavy atom. The Morgan fingerprint density at radius 2 is 2.12 bits per heavy atom. The third-order valence-electron chi connectivity index (χ3n) is 3.78. The Morgan fingerprint density at radius 1 is 1.46 bits per heavy atom. The van der Waals surface area contributed by atoms with Gasteiger partial charge in [-0.25, -0.2) is 12.8 Å². The van der Waals surface area contributed by atoms with Crippen molar-refractivity contribution in [2.45, 2.75) is 17.9 Å². The molecular weight excluding hydrogens is 335 g/mol. The zero-order valence-electron chi connectivity index (χ0n) is 13.9. The van der Waals surface area contributed by atoms with Crippen LogP contribution in [0.25, 0.3) is 0 Å². The molecule has 2 N–H and O–H groups in total. The molecule has 1 unspecified atom stereocenters. The van der Waals surface area contributed by atoms with Crippen LogP contribution in [-0.2, 0) is 14.8 Å². The van der Waals surface area contributed by atoms with Crippen molar-refractivity contribution >= 4 is 16.0 Å². The van der Waals surface area contributed by atoms with Crippen molar-refractivity contribution in [3.8, 4) is 0 Å². The fraction of sp³-hybridized carbons (Fsp3) is 0.533. The van der Waals surface area contributed by atoms with E-state index in [0.717, 1.165) is 12.1 Å². The van der Waals surface area contributed by atoms with Crippen LogP contribution in [0.4, 0.5) is 4.39 Å². The summed E-state index contributed by atoms with van der Waals surface area (Å²) in [7, 11) is -2.20. The van der Waals surface area contributed by atoms with Gasteiger partial charge in [-0.15, -0.1) is 0 Å². The van der Waals surface area contributed by atoms with Gasteiger partial charge in [0.15, 0.2) is 5.96 Å². The van der Waals surface area contributed by atoms with Crippen LogP contribution in [0.1, 0.15) is 6.92 Å². The summed E-state index contributed by atoms with van der Waals surface area (Å²) in [5, 5.41) is 0. The zero-order chi connectivity index (χ0) is 17.7. The molecule has 0 aromatic heterocycles. The lowest BCUT2D eigenvalue weighted by atomic mass is 10.3. The second-order valence-corrected chi connectivity index (χ2v) is 7.69. The van der Waals surface area contributed by atoms with Crippen LogP contribution in [0.3, 0.4) is 0 Å². The van der Waals surface area contributed by atoms with Crippen LogP contribution >= 0.6 is 0 Å². The molecule has 1 saturated heterocycles. The average Bonchev–Trinajstić information content (AvgIpc) is 2.55. The van der Waals surface area contributed by atoms with Gasteiger partial charge in [0, 0.05) is 26.7 Å². The van der Waals surface area contributed by atoms with Gasteiger partial charge in [-0.1, -0.05) is 0 Å². The lowest BCUT2D eigenvalue weighted by Crippen LogP contribution is -2.48. The third kappa shape index (κ3) is 4.65. The molecule has 0 radical (unpaired) electrons. The van der Waals surface area contributed by atoms with Crippen molar-refractivity contribution in [3.05, 3.63) is 30.1 Å². The highest BCUT2D eigenvalue weighted by atomic mass is 32.2. The number of guanidine groups is 1. The van der Waals surface area contributed by atoms with Gasteiger partial charge in [-0.05, 0) is 31.2 Å². The highest BCUT2D eigenvalue weighted by Crippen LogP contribution is 2.14. The number of likely N-dealkylation sites (N-methyl/N-ethyl adjacent to an activating group) is 1. The molecule has 1 aliphatic heterocycles. The topological polar surface area (TPSA) is 88.2 Å². The molecule has 0 spiro atoms. The number of halogens is 1. The van der Waals surface area contributed by atoms with E-state index >= 15 is 0 Å². The number of ether oxygens (including phenoxy) is 1. The van der Waals surface area contributed by atoms with E-state index in [1.165, 1.54) is 23.5 Å². The summed E-state index contributed by atoms with van der Waals surface area (Å²) in [6.45, 7) is 4.32. The van der Waals surface area contributed by atoms with Crippen LogP contribution < -0.4 is 5.73 Å². The molecule has 7 nitrogen and oxygen atoms in total. The molecule has 9 heteroatoms. The van der Waals surface area contributed by atoms with Crippen LogP contribution in [0.2, 0.25) is 0 Å². The quantitative estimate of drug-likeness (QED) is 0.611. The van der Waals surface area contributed by atoms with Gasteiger partial charge < -0.3 is 15.4 Å². The number of nitrogens with zero attached hydrogens (tertiary/aromatic N) is 3. The third-order valence-corrected chi connectivity index (χ3v) is 5.65. The van der Waals surface area contributed by atoms with Crippen molar-refractivity contribution in [1.82, 2.24) is 9.21 Å². The molecule has 1 heterocycles. The lowest BCUT2D eigenvalue weighted by molar-refractivity contribution is 0.00530. The molecular formula is C15H23FN4O3S. The molecule has 1 fully saturated rings. The smallest absolute Gasteiger partial charge is 0.242 e. The summed E-state index contributed by atoms with van der Waals surface area (Å²) in [5.41, 5.74) is 5.94. The molecule has 2 rings (SSSR count). The highest BCUT2D eigenvalue weighted by Gasteiger charge is 2.21. The van der Waals surface area contributed by atoms with Gasteiger partial charge in [0.05, 0.1) is 24.2 Å². The number of sulfonamides is 1. The summed E-state index contributed by atoms with van der Waals surface area (Å²) in [5.74, 6) is -0.0913. The van der Waals surface area contributed by atoms with Gasteiger partial charge in [-0.2, -0.15) is 4.31 Å². The molecule has 1 aliphatic rings. The summed E-state index contributed by atoms with van der Waals surface area (Å²) in [6.07, 6.45) is 0.0917. The Labute approximate surface area is 142 Å². The van der Waals surface area contributed by atoms with Crippen LogP contribution in [0.5, 0.6) is 0 Å². The summed E-state index contributed by atoms with van der Waals surface area (Å²) < 4.78 is 44.3.